The molecule has 316 valence electrons. The number of amides is 3. The Hall–Kier alpha value is -4.06. The second-order valence-electron chi connectivity index (χ2n) is 17.7. The highest BCUT2D eigenvalue weighted by molar-refractivity contribution is 5.95. The summed E-state index contributed by atoms with van der Waals surface area (Å²) >= 11 is 0. The normalized spacial score (nSPS) is 27.2. The Labute approximate surface area is 335 Å². The predicted octanol–water partition coefficient (Wildman–Crippen LogP) is 3.49. The lowest BCUT2D eigenvalue weighted by Gasteiger charge is -2.51. The van der Waals surface area contributed by atoms with Crippen LogP contribution in [0.15, 0.2) is 36.7 Å². The zero-order valence-electron chi connectivity index (χ0n) is 32.8. The van der Waals surface area contributed by atoms with Crippen molar-refractivity contribution < 1.29 is 51.7 Å². The van der Waals surface area contributed by atoms with Crippen LogP contribution >= 0.6 is 0 Å². The summed E-state index contributed by atoms with van der Waals surface area (Å²) in [6, 6.07) is 5.92. The van der Waals surface area contributed by atoms with Gasteiger partial charge in [0.2, 0.25) is 11.8 Å². The minimum absolute atomic E-state index is 0.00695. The fourth-order valence-electron chi connectivity index (χ4n) is 9.69. The number of rotatable bonds is 14. The van der Waals surface area contributed by atoms with Gasteiger partial charge in [-0.3, -0.25) is 19.1 Å². The molecule has 2 saturated carbocycles. The van der Waals surface area contributed by atoms with Gasteiger partial charge in [0, 0.05) is 43.2 Å². The number of halogens is 3. The van der Waals surface area contributed by atoms with Gasteiger partial charge in [-0.1, -0.05) is 18.2 Å². The van der Waals surface area contributed by atoms with Crippen LogP contribution in [0.25, 0.3) is 0 Å². The number of carbonyl (C=O) groups is 4. The largest absolute Gasteiger partial charge is 0.478 e. The summed E-state index contributed by atoms with van der Waals surface area (Å²) < 4.78 is 62.4. The molecule has 5 saturated heterocycles. The first-order chi connectivity index (χ1) is 27.7. The molecule has 1 aromatic carbocycles. The Bertz CT molecular complexity index is 1850. The zero-order chi connectivity index (χ0) is 40.9. The lowest BCUT2D eigenvalue weighted by atomic mass is 9.70. The Morgan fingerprint density at radius 2 is 1.74 bits per heavy atom. The van der Waals surface area contributed by atoms with E-state index in [4.69, 9.17) is 14.2 Å². The fourth-order valence-corrected chi connectivity index (χ4v) is 9.69. The van der Waals surface area contributed by atoms with Gasteiger partial charge >= 0.3 is 12.1 Å². The molecule has 3 amide bonds. The lowest BCUT2D eigenvalue weighted by Crippen LogP contribution is -2.66. The van der Waals surface area contributed by atoms with Crippen LogP contribution in [-0.4, -0.2) is 138 Å². The van der Waals surface area contributed by atoms with E-state index in [-0.39, 0.29) is 80.7 Å². The van der Waals surface area contributed by atoms with Crippen LogP contribution in [0.3, 0.4) is 0 Å². The van der Waals surface area contributed by atoms with Crippen molar-refractivity contribution >= 4 is 23.7 Å². The molecule has 17 heteroatoms. The van der Waals surface area contributed by atoms with Gasteiger partial charge in [0.1, 0.15) is 5.41 Å². The number of alkyl halides is 3. The van der Waals surface area contributed by atoms with Gasteiger partial charge in [0.15, 0.2) is 0 Å². The van der Waals surface area contributed by atoms with Crippen LogP contribution in [0.5, 0.6) is 0 Å². The minimum atomic E-state index is -4.67. The van der Waals surface area contributed by atoms with Gasteiger partial charge in [0.05, 0.1) is 74.0 Å². The smallest absolute Gasteiger partial charge is 0.403 e. The summed E-state index contributed by atoms with van der Waals surface area (Å²) in [4.78, 5) is 56.4. The highest BCUT2D eigenvalue weighted by Gasteiger charge is 2.71. The van der Waals surface area contributed by atoms with Gasteiger partial charge in [-0.25, -0.2) is 4.79 Å². The molecular weight excluding hydrogens is 761 g/mol. The SMILES string of the molecule is C[C@@H](OCC12CCC(CC1)OC2)[C@@H](COC1CCNCC1)NC(=O)[C@@H]1CN(C(=O)c2cnn(Cc3ccccc3C(=O)O)c2)CC12CN(C(=O)C1(C(F)(F)F)CC1)C2. The number of hydrogen-bond donors (Lipinski definition) is 3. The topological polar surface area (TPSA) is 165 Å². The number of hydrogen-bond acceptors (Lipinski definition) is 9. The first-order valence-electron chi connectivity index (χ1n) is 20.5. The van der Waals surface area contributed by atoms with Crippen molar-refractivity contribution in [2.45, 2.75) is 95.4 Å². The van der Waals surface area contributed by atoms with E-state index in [9.17, 15) is 37.5 Å². The molecular formula is C41H53F3N6O8. The Balaban J connectivity index is 0.998. The Morgan fingerprint density at radius 3 is 2.40 bits per heavy atom. The van der Waals surface area contributed by atoms with E-state index < -0.39 is 52.9 Å². The van der Waals surface area contributed by atoms with Crippen LogP contribution in [0.2, 0.25) is 0 Å². The monoisotopic (exact) mass is 814 g/mol. The lowest BCUT2D eigenvalue weighted by molar-refractivity contribution is -0.205. The van der Waals surface area contributed by atoms with E-state index in [0.29, 0.717) is 24.9 Å². The minimum Gasteiger partial charge on any atom is -0.478 e. The van der Waals surface area contributed by atoms with Gasteiger partial charge in [-0.2, -0.15) is 18.3 Å². The third kappa shape index (κ3) is 7.98. The number of aromatic carboxylic acids is 1. The first kappa shape index (κ1) is 40.7. The number of ether oxygens (including phenoxy) is 3. The summed E-state index contributed by atoms with van der Waals surface area (Å²) in [6.45, 7) is 4.79. The first-order valence-corrected chi connectivity index (χ1v) is 20.5. The van der Waals surface area contributed by atoms with E-state index >= 15 is 0 Å². The Kier molecular flexibility index (Phi) is 11.1. The molecule has 58 heavy (non-hydrogen) atoms. The molecule has 5 aliphatic heterocycles. The van der Waals surface area contributed by atoms with Crippen molar-refractivity contribution in [3.63, 3.8) is 0 Å². The van der Waals surface area contributed by atoms with Crippen molar-refractivity contribution in [2.75, 3.05) is 59.1 Å². The highest BCUT2D eigenvalue weighted by atomic mass is 19.4. The van der Waals surface area contributed by atoms with E-state index in [2.05, 4.69) is 15.7 Å². The molecule has 2 bridgehead atoms. The van der Waals surface area contributed by atoms with Crippen molar-refractivity contribution in [2.24, 2.45) is 22.2 Å². The number of nitrogens with zero attached hydrogens (tertiary/aromatic N) is 4. The van der Waals surface area contributed by atoms with Crippen LogP contribution < -0.4 is 10.6 Å². The predicted molar refractivity (Wildman–Crippen MR) is 201 cm³/mol. The summed E-state index contributed by atoms with van der Waals surface area (Å²) in [7, 11) is 0. The van der Waals surface area contributed by atoms with Crippen molar-refractivity contribution in [3.05, 3.63) is 53.3 Å². The van der Waals surface area contributed by atoms with Crippen molar-refractivity contribution in [1.29, 1.82) is 0 Å². The van der Waals surface area contributed by atoms with Crippen molar-refractivity contribution in [1.82, 2.24) is 30.2 Å². The van der Waals surface area contributed by atoms with Gasteiger partial charge in [-0.15, -0.1) is 0 Å². The number of benzene rings is 1. The standard InChI is InChI=1S/C41H53F3N6O8/c1-26(57-24-38-10-6-29(7-11-38)58-25-38)33(20-56-30-8-14-45-15-9-30)47-34(51)32-19-48(21-39(32)22-49(23-39)37(55)40(12-13-40)41(42,43)44)35(52)28-16-46-50(18-28)17-27-4-2-3-5-31(27)36(53)54/h2-5,16,18,26,29-30,32-33,45H,6-15,17,19-25H2,1H3,(H,47,51)(H,53,54)/t26-,29?,32+,33-,38?/m1/s1. The zero-order valence-corrected chi connectivity index (χ0v) is 32.8. The van der Waals surface area contributed by atoms with Gasteiger partial charge in [-0.05, 0) is 83.0 Å². The van der Waals surface area contributed by atoms with Gasteiger partial charge in [0.25, 0.3) is 5.91 Å². The molecule has 14 nitrogen and oxygen atoms in total. The van der Waals surface area contributed by atoms with E-state index in [1.807, 2.05) is 6.92 Å². The maximum absolute atomic E-state index is 14.6. The maximum atomic E-state index is 14.6. The molecule has 7 aliphatic rings. The number of likely N-dealkylation sites (tertiary alicyclic amines) is 2. The second-order valence-corrected chi connectivity index (χ2v) is 17.7. The molecule has 0 unspecified atom stereocenters. The molecule has 7 fully saturated rings. The molecule has 2 aromatic rings. The number of carboxylic acid groups (broad SMARTS) is 1. The molecule has 3 atom stereocenters. The molecule has 3 N–H and O–H groups in total. The molecule has 6 heterocycles. The van der Waals surface area contributed by atoms with E-state index in [1.54, 1.807) is 18.2 Å². The molecule has 9 rings (SSSR count). The number of fused-ring (bicyclic) bond motifs is 3. The van der Waals surface area contributed by atoms with Crippen LogP contribution in [0.1, 0.15) is 84.6 Å². The van der Waals surface area contributed by atoms with Crippen molar-refractivity contribution in [3.8, 4) is 0 Å². The van der Waals surface area contributed by atoms with Gasteiger partial charge < -0.3 is 39.8 Å². The molecule has 1 aromatic heterocycles. The fraction of sp³-hybridized carbons (Fsp3) is 0.683. The number of nitrogens with one attached hydrogen (secondary N) is 2. The molecule has 0 radical (unpaired) electrons. The van der Waals surface area contributed by atoms with Crippen LogP contribution in [0.4, 0.5) is 13.2 Å². The quantitative estimate of drug-likeness (QED) is 0.257. The number of carboxylic acids is 1. The third-order valence-corrected chi connectivity index (χ3v) is 13.7. The molecule has 2 aliphatic carbocycles. The summed E-state index contributed by atoms with van der Waals surface area (Å²) in [6.07, 6.45) is 3.23. The second kappa shape index (κ2) is 15.8. The van der Waals surface area contributed by atoms with E-state index in [0.717, 1.165) is 51.6 Å². The van der Waals surface area contributed by atoms with Crippen LogP contribution in [-0.2, 0) is 30.3 Å². The average molecular weight is 815 g/mol. The van der Waals surface area contributed by atoms with Crippen LogP contribution in [0, 0.1) is 22.2 Å². The average Bonchev–Trinajstić information content (AvgIpc) is 3.76. The summed E-state index contributed by atoms with van der Waals surface area (Å²) in [5.41, 5.74) is -2.63. The number of aromatic nitrogens is 2. The summed E-state index contributed by atoms with van der Waals surface area (Å²) in [5.74, 6) is -3.72. The maximum Gasteiger partial charge on any atom is 0.403 e. The third-order valence-electron chi connectivity index (χ3n) is 13.7. The van der Waals surface area contributed by atoms with E-state index in [1.165, 1.54) is 32.9 Å². The Morgan fingerprint density at radius 1 is 1.03 bits per heavy atom. The highest BCUT2D eigenvalue weighted by Crippen LogP contribution is 2.60. The number of piperidine rings is 1. The number of carbonyl (C=O) groups excluding carboxylic acids is 3. The summed E-state index contributed by atoms with van der Waals surface area (Å²) in [5, 5.41) is 20.4. The molecule has 1 spiro atoms.